The van der Waals surface area contributed by atoms with Gasteiger partial charge in [-0.05, 0) is 0 Å². The number of nitrogens with zero attached hydrogens (tertiary/aromatic N) is 3. The zero-order valence-corrected chi connectivity index (χ0v) is 8.02. The molecule has 0 aliphatic rings. The minimum atomic E-state index is 0.196. The number of fused-ring (bicyclic) bond motifs is 1. The first-order valence-electron chi connectivity index (χ1n) is 3.79. The van der Waals surface area contributed by atoms with Crippen molar-refractivity contribution in [3.63, 3.8) is 0 Å². The van der Waals surface area contributed by atoms with Crippen molar-refractivity contribution in [3.05, 3.63) is 23.2 Å². The van der Waals surface area contributed by atoms with Gasteiger partial charge in [0.15, 0.2) is 11.9 Å². The number of carbonyl (C=O) groups excluding carboxylic acids is 1. The van der Waals surface area contributed by atoms with Crippen LogP contribution in [0.4, 0.5) is 0 Å². The van der Waals surface area contributed by atoms with Crippen LogP contribution in [0.1, 0.15) is 10.5 Å². The van der Waals surface area contributed by atoms with E-state index in [1.54, 1.807) is 6.20 Å². The maximum Gasteiger partial charge on any atom is 0.230 e. The quantitative estimate of drug-likeness (QED) is 0.701. The smallest absolute Gasteiger partial charge is 0.230 e. The molecule has 2 heterocycles. The lowest BCUT2D eigenvalue weighted by molar-refractivity contribution is 0.111. The fourth-order valence-electron chi connectivity index (χ4n) is 1.11. The first-order chi connectivity index (χ1) is 6.76. The maximum atomic E-state index is 10.5. The highest BCUT2D eigenvalue weighted by molar-refractivity contribution is 6.32. The summed E-state index contributed by atoms with van der Waals surface area (Å²) in [4.78, 5) is 18.4. The molecule has 0 aromatic carbocycles. The Morgan fingerprint density at radius 1 is 1.64 bits per heavy atom. The summed E-state index contributed by atoms with van der Waals surface area (Å²) in [5, 5.41) is 0.260. The minimum Gasteiger partial charge on any atom is -0.480 e. The molecule has 6 heteroatoms. The number of aromatic nitrogens is 3. The van der Waals surface area contributed by atoms with Crippen LogP contribution < -0.4 is 4.74 Å². The predicted octanol–water partition coefficient (Wildman–Crippen LogP) is 1.20. The third-order valence-electron chi connectivity index (χ3n) is 1.77. The van der Waals surface area contributed by atoms with Crippen molar-refractivity contribution in [2.24, 2.45) is 0 Å². The number of imidazole rings is 1. The van der Waals surface area contributed by atoms with Crippen molar-refractivity contribution in [2.45, 2.75) is 0 Å². The summed E-state index contributed by atoms with van der Waals surface area (Å²) in [6, 6.07) is 0. The second-order valence-electron chi connectivity index (χ2n) is 2.56. The summed E-state index contributed by atoms with van der Waals surface area (Å²) >= 11 is 5.87. The van der Waals surface area contributed by atoms with Crippen LogP contribution in [0.5, 0.6) is 5.88 Å². The van der Waals surface area contributed by atoms with Gasteiger partial charge < -0.3 is 4.74 Å². The van der Waals surface area contributed by atoms with Crippen LogP contribution in [-0.2, 0) is 0 Å². The Hall–Kier alpha value is -1.62. The van der Waals surface area contributed by atoms with Gasteiger partial charge in [-0.3, -0.25) is 9.20 Å². The van der Waals surface area contributed by atoms with Crippen LogP contribution in [0.3, 0.4) is 0 Å². The lowest BCUT2D eigenvalue weighted by Crippen LogP contribution is -1.91. The van der Waals surface area contributed by atoms with E-state index in [0.29, 0.717) is 17.8 Å². The van der Waals surface area contributed by atoms with Crippen molar-refractivity contribution in [1.29, 1.82) is 0 Å². The van der Waals surface area contributed by atoms with Gasteiger partial charge in [0.1, 0.15) is 10.8 Å². The van der Waals surface area contributed by atoms with Crippen LogP contribution in [0.2, 0.25) is 5.15 Å². The van der Waals surface area contributed by atoms with Crippen LogP contribution in [-0.4, -0.2) is 27.8 Å². The summed E-state index contributed by atoms with van der Waals surface area (Å²) in [5.74, 6) is 0.411. The topological polar surface area (TPSA) is 56.5 Å². The van der Waals surface area contributed by atoms with Gasteiger partial charge in [-0.25, -0.2) is 9.97 Å². The van der Waals surface area contributed by atoms with Gasteiger partial charge in [0.2, 0.25) is 5.88 Å². The Bertz CT molecular complexity index is 495. The molecular weight excluding hydrogens is 206 g/mol. The third-order valence-corrected chi connectivity index (χ3v) is 2.15. The number of aldehydes is 1. The van der Waals surface area contributed by atoms with Crippen LogP contribution >= 0.6 is 11.6 Å². The van der Waals surface area contributed by atoms with Gasteiger partial charge in [0, 0.05) is 0 Å². The van der Waals surface area contributed by atoms with Gasteiger partial charge in [-0.1, -0.05) is 11.6 Å². The molecule has 0 radical (unpaired) electrons. The van der Waals surface area contributed by atoms with E-state index >= 15 is 0 Å². The molecular formula is C8H6ClN3O2. The Morgan fingerprint density at radius 3 is 3.07 bits per heavy atom. The van der Waals surface area contributed by atoms with Crippen molar-refractivity contribution in [3.8, 4) is 5.88 Å². The van der Waals surface area contributed by atoms with Gasteiger partial charge in [0.25, 0.3) is 0 Å². The highest BCUT2D eigenvalue weighted by Crippen LogP contribution is 2.18. The highest BCUT2D eigenvalue weighted by Gasteiger charge is 2.09. The monoisotopic (exact) mass is 211 g/mol. The Balaban J connectivity index is 2.74. The number of hydrogen-bond acceptors (Lipinski definition) is 4. The Morgan fingerprint density at radius 2 is 2.43 bits per heavy atom. The van der Waals surface area contributed by atoms with Gasteiger partial charge in [-0.2, -0.15) is 0 Å². The largest absolute Gasteiger partial charge is 0.480 e. The fourth-order valence-corrected chi connectivity index (χ4v) is 1.33. The van der Waals surface area contributed by atoms with Crippen molar-refractivity contribution < 1.29 is 9.53 Å². The molecule has 2 rings (SSSR count). The van der Waals surface area contributed by atoms with Crippen molar-refractivity contribution in [1.82, 2.24) is 14.4 Å². The molecule has 0 unspecified atom stereocenters. The Kier molecular flexibility index (Phi) is 2.09. The lowest BCUT2D eigenvalue weighted by Gasteiger charge is -1.98. The molecule has 0 spiro atoms. The summed E-state index contributed by atoms with van der Waals surface area (Å²) in [7, 11) is 1.50. The van der Waals surface area contributed by atoms with Gasteiger partial charge in [0.05, 0.1) is 19.5 Å². The lowest BCUT2D eigenvalue weighted by atomic mass is 10.5. The number of hydrogen-bond donors (Lipinski definition) is 0. The standard InChI is InChI=1S/C8H6ClN3O2/c1-14-7-3-12-6(2-10-7)11-5(4-13)8(12)9/h2-4H,1H3. The molecule has 2 aromatic rings. The number of methoxy groups -OCH3 is 1. The molecule has 0 aliphatic carbocycles. The summed E-state index contributed by atoms with van der Waals surface area (Å²) in [5.41, 5.74) is 0.708. The van der Waals surface area contributed by atoms with E-state index in [2.05, 4.69) is 9.97 Å². The third kappa shape index (κ3) is 1.22. The Labute approximate surface area is 84.3 Å². The maximum absolute atomic E-state index is 10.5. The van der Waals surface area contributed by atoms with E-state index in [1.165, 1.54) is 17.7 Å². The first-order valence-corrected chi connectivity index (χ1v) is 4.17. The van der Waals surface area contributed by atoms with Crippen LogP contribution in [0.15, 0.2) is 12.4 Å². The van der Waals surface area contributed by atoms with Crippen LogP contribution in [0.25, 0.3) is 5.65 Å². The number of rotatable bonds is 2. The van der Waals surface area contributed by atoms with Gasteiger partial charge in [-0.15, -0.1) is 0 Å². The first kappa shape index (κ1) is 8.96. The van der Waals surface area contributed by atoms with Crippen LogP contribution in [0, 0.1) is 0 Å². The normalized spacial score (nSPS) is 10.4. The minimum absolute atomic E-state index is 0.196. The molecule has 72 valence electrons. The SMILES string of the molecule is COc1cn2c(Cl)c(C=O)nc2cn1. The molecule has 0 atom stereocenters. The molecule has 0 saturated carbocycles. The second kappa shape index (κ2) is 3.26. The molecule has 0 aliphatic heterocycles. The summed E-state index contributed by atoms with van der Waals surface area (Å²) in [6.07, 6.45) is 3.65. The molecule has 0 bridgehead atoms. The fraction of sp³-hybridized carbons (Fsp3) is 0.125. The summed E-state index contributed by atoms with van der Waals surface area (Å²) < 4.78 is 6.45. The second-order valence-corrected chi connectivity index (χ2v) is 2.92. The van der Waals surface area contributed by atoms with Gasteiger partial charge >= 0.3 is 0 Å². The van der Waals surface area contributed by atoms with E-state index in [4.69, 9.17) is 16.3 Å². The number of ether oxygens (including phenoxy) is 1. The molecule has 0 amide bonds. The van der Waals surface area contributed by atoms with E-state index < -0.39 is 0 Å². The van der Waals surface area contributed by atoms with E-state index in [0.717, 1.165) is 0 Å². The molecule has 5 nitrogen and oxygen atoms in total. The molecule has 0 saturated heterocycles. The molecule has 0 fully saturated rings. The number of carbonyl (C=O) groups is 1. The average Bonchev–Trinajstić information content (AvgIpc) is 2.55. The molecule has 14 heavy (non-hydrogen) atoms. The number of halogens is 1. The predicted molar refractivity (Wildman–Crippen MR) is 49.9 cm³/mol. The zero-order chi connectivity index (χ0) is 10.1. The molecule has 0 N–H and O–H groups in total. The van der Waals surface area contributed by atoms with Crippen molar-refractivity contribution in [2.75, 3.05) is 7.11 Å². The van der Waals surface area contributed by atoms with Crippen molar-refractivity contribution >= 4 is 23.5 Å². The summed E-state index contributed by atoms with van der Waals surface area (Å²) in [6.45, 7) is 0. The van der Waals surface area contributed by atoms with E-state index in [1.807, 2.05) is 0 Å². The average molecular weight is 212 g/mol. The zero-order valence-electron chi connectivity index (χ0n) is 7.27. The van der Waals surface area contributed by atoms with E-state index in [-0.39, 0.29) is 10.8 Å². The van der Waals surface area contributed by atoms with E-state index in [9.17, 15) is 4.79 Å². The molecule has 2 aromatic heterocycles. The highest BCUT2D eigenvalue weighted by atomic mass is 35.5.